The fourth-order valence-corrected chi connectivity index (χ4v) is 2.82. The van der Waals surface area contributed by atoms with Crippen molar-refractivity contribution in [3.8, 4) is 5.75 Å². The summed E-state index contributed by atoms with van der Waals surface area (Å²) >= 11 is 1.52. The van der Waals surface area contributed by atoms with Crippen molar-refractivity contribution in [3.05, 3.63) is 46.2 Å². The number of likely N-dealkylation sites (N-methyl/N-ethyl adjacent to an activating group) is 2. The van der Waals surface area contributed by atoms with Crippen molar-refractivity contribution in [1.82, 2.24) is 15.2 Å². The van der Waals surface area contributed by atoms with E-state index in [-0.39, 0.29) is 11.7 Å². The lowest BCUT2D eigenvalue weighted by Crippen LogP contribution is -2.36. The first-order valence-corrected chi connectivity index (χ1v) is 8.79. The van der Waals surface area contributed by atoms with Gasteiger partial charge in [0, 0.05) is 18.5 Å². The van der Waals surface area contributed by atoms with E-state index in [4.69, 9.17) is 4.74 Å². The molecule has 0 atom stereocenters. The zero-order valence-corrected chi connectivity index (χ0v) is 14.7. The van der Waals surface area contributed by atoms with Crippen molar-refractivity contribution in [3.63, 3.8) is 0 Å². The number of ether oxygens (including phenoxy) is 1. The molecule has 1 heterocycles. The van der Waals surface area contributed by atoms with Crippen molar-refractivity contribution >= 4 is 17.2 Å². The van der Waals surface area contributed by atoms with E-state index in [2.05, 4.69) is 10.3 Å². The summed E-state index contributed by atoms with van der Waals surface area (Å²) in [5.74, 6) is 0.347. The van der Waals surface area contributed by atoms with Crippen LogP contribution >= 0.6 is 11.3 Å². The van der Waals surface area contributed by atoms with E-state index in [1.165, 1.54) is 23.5 Å². The number of halogens is 1. The highest BCUT2D eigenvalue weighted by molar-refractivity contribution is 7.09. The van der Waals surface area contributed by atoms with Gasteiger partial charge in [0.1, 0.15) is 23.2 Å². The van der Waals surface area contributed by atoms with E-state index in [9.17, 15) is 9.18 Å². The number of aromatic nitrogens is 1. The molecule has 1 N–H and O–H groups in total. The predicted octanol–water partition coefficient (Wildman–Crippen LogP) is 2.82. The third kappa shape index (κ3) is 5.90. The first-order valence-electron chi connectivity index (χ1n) is 7.91. The molecule has 130 valence electrons. The molecule has 24 heavy (non-hydrogen) atoms. The zero-order chi connectivity index (χ0) is 17.4. The molecule has 1 amide bonds. The Bertz CT molecular complexity index is 646. The summed E-state index contributed by atoms with van der Waals surface area (Å²) in [7, 11) is 0. The lowest BCUT2D eigenvalue weighted by molar-refractivity contribution is -0.122. The van der Waals surface area contributed by atoms with E-state index in [0.29, 0.717) is 32.0 Å². The van der Waals surface area contributed by atoms with Gasteiger partial charge in [0.15, 0.2) is 0 Å². The van der Waals surface area contributed by atoms with Gasteiger partial charge in [0.2, 0.25) is 5.91 Å². The summed E-state index contributed by atoms with van der Waals surface area (Å²) in [4.78, 5) is 18.2. The van der Waals surface area contributed by atoms with E-state index in [1.54, 1.807) is 12.1 Å². The highest BCUT2D eigenvalue weighted by atomic mass is 32.1. The zero-order valence-electron chi connectivity index (χ0n) is 13.9. The minimum Gasteiger partial charge on any atom is -0.486 e. The summed E-state index contributed by atoms with van der Waals surface area (Å²) in [5, 5.41) is 5.62. The van der Waals surface area contributed by atoms with E-state index in [1.807, 2.05) is 24.1 Å². The quantitative estimate of drug-likeness (QED) is 0.755. The highest BCUT2D eigenvalue weighted by Gasteiger charge is 2.11. The number of hydrogen-bond donors (Lipinski definition) is 1. The fourth-order valence-electron chi connectivity index (χ4n) is 2.13. The monoisotopic (exact) mass is 351 g/mol. The Labute approximate surface area is 145 Å². The van der Waals surface area contributed by atoms with E-state index in [0.717, 1.165) is 17.2 Å². The average Bonchev–Trinajstić information content (AvgIpc) is 3.01. The van der Waals surface area contributed by atoms with Crippen molar-refractivity contribution in [2.75, 3.05) is 19.6 Å². The molecular formula is C17H22FN3O2S. The van der Waals surface area contributed by atoms with Crippen LogP contribution in [0.1, 0.15) is 24.5 Å². The number of rotatable bonds is 9. The molecule has 1 aromatic carbocycles. The summed E-state index contributed by atoms with van der Waals surface area (Å²) in [6.45, 7) is 6.67. The molecule has 1 aromatic heterocycles. The van der Waals surface area contributed by atoms with Gasteiger partial charge in [-0.15, -0.1) is 11.3 Å². The number of benzene rings is 1. The van der Waals surface area contributed by atoms with Crippen molar-refractivity contribution in [1.29, 1.82) is 0 Å². The van der Waals surface area contributed by atoms with Crippen molar-refractivity contribution < 1.29 is 13.9 Å². The predicted molar refractivity (Wildman–Crippen MR) is 92.5 cm³/mol. The Balaban J connectivity index is 1.85. The summed E-state index contributed by atoms with van der Waals surface area (Å²) in [6, 6.07) is 5.91. The van der Waals surface area contributed by atoms with Crippen LogP contribution in [0.4, 0.5) is 4.39 Å². The molecule has 0 aliphatic heterocycles. The number of amides is 1. The molecule has 0 unspecified atom stereocenters. The third-order valence-electron chi connectivity index (χ3n) is 3.35. The second-order valence-corrected chi connectivity index (χ2v) is 6.17. The molecule has 7 heteroatoms. The topological polar surface area (TPSA) is 54.5 Å². The molecule has 0 saturated heterocycles. The van der Waals surface area contributed by atoms with Gasteiger partial charge < -0.3 is 10.1 Å². The van der Waals surface area contributed by atoms with Crippen LogP contribution in [0.2, 0.25) is 0 Å². The maximum absolute atomic E-state index is 12.8. The first kappa shape index (κ1) is 18.4. The summed E-state index contributed by atoms with van der Waals surface area (Å²) in [5.41, 5.74) is 0.920. The van der Waals surface area contributed by atoms with Crippen LogP contribution in [0.5, 0.6) is 5.75 Å². The van der Waals surface area contributed by atoms with Crippen LogP contribution in [-0.4, -0.2) is 35.4 Å². The van der Waals surface area contributed by atoms with Crippen LogP contribution in [0.3, 0.4) is 0 Å². The molecule has 0 saturated carbocycles. The molecule has 0 fully saturated rings. The maximum atomic E-state index is 12.8. The van der Waals surface area contributed by atoms with Gasteiger partial charge in [-0.3, -0.25) is 9.69 Å². The molecule has 2 aromatic rings. The molecule has 0 aliphatic carbocycles. The van der Waals surface area contributed by atoms with Gasteiger partial charge in [-0.25, -0.2) is 9.37 Å². The summed E-state index contributed by atoms with van der Waals surface area (Å²) in [6.07, 6.45) is 0. The first-order chi connectivity index (χ1) is 11.6. The largest absolute Gasteiger partial charge is 0.486 e. The van der Waals surface area contributed by atoms with Crippen LogP contribution in [0.15, 0.2) is 29.6 Å². The van der Waals surface area contributed by atoms with Crippen LogP contribution in [0, 0.1) is 5.82 Å². The second-order valence-electron chi connectivity index (χ2n) is 5.23. The minimum atomic E-state index is -0.286. The number of hydrogen-bond acceptors (Lipinski definition) is 5. The Morgan fingerprint density at radius 3 is 2.75 bits per heavy atom. The smallest absolute Gasteiger partial charge is 0.234 e. The molecular weight excluding hydrogens is 329 g/mol. The Kier molecular flexibility index (Phi) is 7.14. The van der Waals surface area contributed by atoms with Gasteiger partial charge in [0.05, 0.1) is 12.2 Å². The Morgan fingerprint density at radius 1 is 1.33 bits per heavy atom. The molecule has 0 bridgehead atoms. The highest BCUT2D eigenvalue weighted by Crippen LogP contribution is 2.16. The van der Waals surface area contributed by atoms with Crippen molar-refractivity contribution in [2.45, 2.75) is 27.0 Å². The molecule has 2 rings (SSSR count). The number of nitrogens with zero attached hydrogens (tertiary/aromatic N) is 2. The van der Waals surface area contributed by atoms with Gasteiger partial charge in [-0.1, -0.05) is 6.92 Å². The average molecular weight is 351 g/mol. The van der Waals surface area contributed by atoms with Gasteiger partial charge in [0.25, 0.3) is 0 Å². The van der Waals surface area contributed by atoms with Gasteiger partial charge in [-0.2, -0.15) is 0 Å². The number of thiazole rings is 1. The standard InChI is InChI=1S/C17H22FN3O2S/c1-3-19-16(22)10-21(4-2)9-14-12-24-17(20-14)11-23-15-7-5-13(18)6-8-15/h5-8,12H,3-4,9-11H2,1-2H3,(H,19,22). The third-order valence-corrected chi connectivity index (χ3v) is 4.22. The van der Waals surface area contributed by atoms with Crippen molar-refractivity contribution in [2.24, 2.45) is 0 Å². The molecule has 0 spiro atoms. The van der Waals surface area contributed by atoms with E-state index >= 15 is 0 Å². The second kappa shape index (κ2) is 9.34. The Hall–Kier alpha value is -1.99. The van der Waals surface area contributed by atoms with E-state index < -0.39 is 0 Å². The normalized spacial score (nSPS) is 10.8. The number of nitrogens with one attached hydrogen (secondary N) is 1. The van der Waals surface area contributed by atoms with Gasteiger partial charge in [-0.05, 0) is 37.7 Å². The summed E-state index contributed by atoms with van der Waals surface area (Å²) < 4.78 is 18.4. The Morgan fingerprint density at radius 2 is 2.08 bits per heavy atom. The van der Waals surface area contributed by atoms with Crippen LogP contribution in [-0.2, 0) is 17.9 Å². The lowest BCUT2D eigenvalue weighted by atomic mass is 10.3. The SMILES string of the molecule is CCNC(=O)CN(CC)Cc1csc(COc2ccc(F)cc2)n1. The maximum Gasteiger partial charge on any atom is 0.234 e. The molecule has 0 radical (unpaired) electrons. The number of carbonyl (C=O) groups excluding carboxylic acids is 1. The minimum absolute atomic E-state index is 0.0226. The lowest BCUT2D eigenvalue weighted by Gasteiger charge is -2.18. The molecule has 5 nitrogen and oxygen atoms in total. The number of carbonyl (C=O) groups is 1. The van der Waals surface area contributed by atoms with Gasteiger partial charge >= 0.3 is 0 Å². The van der Waals surface area contributed by atoms with Crippen LogP contribution in [0.25, 0.3) is 0 Å². The van der Waals surface area contributed by atoms with Crippen LogP contribution < -0.4 is 10.1 Å². The fraction of sp³-hybridized carbons (Fsp3) is 0.412. The molecule has 0 aliphatic rings.